The molecule has 4 aromatic rings. The van der Waals surface area contributed by atoms with Crippen molar-refractivity contribution in [3.05, 3.63) is 102 Å². The average molecular weight is 469 g/mol. The Bertz CT molecular complexity index is 1390. The van der Waals surface area contributed by atoms with Gasteiger partial charge in [0.05, 0.1) is 18.4 Å². The first-order valence-corrected chi connectivity index (χ1v) is 10.9. The molecule has 1 aromatic heterocycles. The Balaban J connectivity index is 1.52. The Morgan fingerprint density at radius 2 is 1.57 bits per heavy atom. The summed E-state index contributed by atoms with van der Waals surface area (Å²) in [6, 6.07) is 21.2. The number of hydrogen-bond donors (Lipinski definition) is 3. The normalized spacial score (nSPS) is 11.5. The monoisotopic (exact) mass is 469 g/mol. The number of nitrogens with one attached hydrogen (secondary N) is 3. The van der Waals surface area contributed by atoms with Gasteiger partial charge in [-0.3, -0.25) is 14.4 Å². The van der Waals surface area contributed by atoms with E-state index < -0.39 is 29.6 Å². The fraction of sp³-hybridized carbons (Fsp3) is 0.111. The first-order chi connectivity index (χ1) is 17.0. The van der Waals surface area contributed by atoms with Crippen LogP contribution < -0.4 is 10.6 Å². The summed E-state index contributed by atoms with van der Waals surface area (Å²) in [5, 5.41) is 6.06. The molecule has 0 aliphatic carbocycles. The van der Waals surface area contributed by atoms with Gasteiger partial charge in [-0.25, -0.2) is 4.79 Å². The van der Waals surface area contributed by atoms with Gasteiger partial charge >= 0.3 is 5.97 Å². The molecule has 1 unspecified atom stereocenters. The number of amides is 2. The highest BCUT2D eigenvalue weighted by Gasteiger charge is 2.28. The first-order valence-electron chi connectivity index (χ1n) is 10.9. The number of methoxy groups -OCH3 is 1. The highest BCUT2D eigenvalue weighted by Crippen LogP contribution is 2.20. The number of carbonyl (C=O) groups is 4. The van der Waals surface area contributed by atoms with E-state index in [0.717, 1.165) is 16.5 Å². The van der Waals surface area contributed by atoms with E-state index in [4.69, 9.17) is 4.74 Å². The molecule has 0 fully saturated rings. The van der Waals surface area contributed by atoms with E-state index in [9.17, 15) is 19.2 Å². The van der Waals surface area contributed by atoms with Crippen LogP contribution in [0.2, 0.25) is 0 Å². The third kappa shape index (κ3) is 5.27. The second-order valence-corrected chi connectivity index (χ2v) is 7.81. The number of rotatable bonds is 8. The molecule has 2 amide bonds. The van der Waals surface area contributed by atoms with Crippen molar-refractivity contribution in [1.82, 2.24) is 10.3 Å². The molecule has 0 bridgehead atoms. The van der Waals surface area contributed by atoms with Crippen molar-refractivity contribution in [3.63, 3.8) is 0 Å². The highest BCUT2D eigenvalue weighted by molar-refractivity contribution is 6.44. The van der Waals surface area contributed by atoms with E-state index in [1.54, 1.807) is 48.7 Å². The standard InChI is InChI=1S/C27H23N3O5/c1-35-27(34)23(15-18-16-28-21-13-7-5-11-19(18)21)30-26(33)24(31)20-12-6-8-14-22(20)29-25(32)17-9-3-2-4-10-17/h2-14,16,23,28H,15H2,1H3,(H,29,32)(H,30,33). The molecule has 0 spiro atoms. The summed E-state index contributed by atoms with van der Waals surface area (Å²) in [6.45, 7) is 0. The van der Waals surface area contributed by atoms with Gasteiger partial charge in [-0.05, 0) is 35.9 Å². The number of aromatic nitrogens is 1. The van der Waals surface area contributed by atoms with E-state index in [2.05, 4.69) is 15.6 Å². The predicted octanol–water partition coefficient (Wildman–Crippen LogP) is 3.50. The Morgan fingerprint density at radius 1 is 0.886 bits per heavy atom. The van der Waals surface area contributed by atoms with Crippen molar-refractivity contribution in [2.75, 3.05) is 12.4 Å². The SMILES string of the molecule is COC(=O)C(Cc1c[nH]c2ccccc12)NC(=O)C(=O)c1ccccc1NC(=O)c1ccccc1. The molecule has 0 saturated carbocycles. The maximum absolute atomic E-state index is 13.0. The molecule has 1 atom stereocenters. The van der Waals surface area contributed by atoms with Crippen molar-refractivity contribution in [3.8, 4) is 0 Å². The van der Waals surface area contributed by atoms with Crippen LogP contribution in [0.15, 0.2) is 85.1 Å². The Morgan fingerprint density at radius 3 is 2.34 bits per heavy atom. The summed E-state index contributed by atoms with van der Waals surface area (Å²) in [6.07, 6.45) is 1.88. The number of aromatic amines is 1. The van der Waals surface area contributed by atoms with E-state index in [0.29, 0.717) is 5.56 Å². The summed E-state index contributed by atoms with van der Waals surface area (Å²) < 4.78 is 4.85. The Labute approximate surface area is 201 Å². The summed E-state index contributed by atoms with van der Waals surface area (Å²) in [5.74, 6) is -2.97. The second-order valence-electron chi connectivity index (χ2n) is 7.81. The van der Waals surface area contributed by atoms with E-state index >= 15 is 0 Å². The maximum Gasteiger partial charge on any atom is 0.328 e. The average Bonchev–Trinajstić information content (AvgIpc) is 3.31. The van der Waals surface area contributed by atoms with Crippen LogP contribution in [-0.2, 0) is 20.7 Å². The summed E-state index contributed by atoms with van der Waals surface area (Å²) in [5.41, 5.74) is 2.28. The molecule has 176 valence electrons. The molecule has 4 rings (SSSR count). The number of Topliss-reactive ketones (excluding diaryl/α,β-unsaturated/α-hetero) is 1. The second kappa shape index (κ2) is 10.5. The molecule has 3 N–H and O–H groups in total. The lowest BCUT2D eigenvalue weighted by Gasteiger charge is -2.16. The van der Waals surface area contributed by atoms with E-state index in [1.165, 1.54) is 19.2 Å². The van der Waals surface area contributed by atoms with Gasteiger partial charge in [0.2, 0.25) is 0 Å². The first kappa shape index (κ1) is 23.4. The number of hydrogen-bond acceptors (Lipinski definition) is 5. The van der Waals surface area contributed by atoms with Gasteiger partial charge in [0.1, 0.15) is 6.04 Å². The van der Waals surface area contributed by atoms with Gasteiger partial charge in [0, 0.05) is 29.1 Å². The number of fused-ring (bicyclic) bond motifs is 1. The largest absolute Gasteiger partial charge is 0.467 e. The smallest absolute Gasteiger partial charge is 0.328 e. The number of esters is 1. The molecule has 8 nitrogen and oxygen atoms in total. The molecule has 3 aromatic carbocycles. The van der Waals surface area contributed by atoms with Crippen LogP contribution in [0.1, 0.15) is 26.3 Å². The van der Waals surface area contributed by atoms with Crippen LogP contribution >= 0.6 is 0 Å². The van der Waals surface area contributed by atoms with Gasteiger partial charge < -0.3 is 20.4 Å². The molecular formula is C27H23N3O5. The number of carbonyl (C=O) groups excluding carboxylic acids is 4. The van der Waals surface area contributed by atoms with Crippen LogP contribution in [0.25, 0.3) is 10.9 Å². The number of ether oxygens (including phenoxy) is 1. The minimum atomic E-state index is -1.08. The van der Waals surface area contributed by atoms with Crippen LogP contribution in [0.5, 0.6) is 0 Å². The summed E-state index contributed by atoms with van der Waals surface area (Å²) in [7, 11) is 1.22. The topological polar surface area (TPSA) is 117 Å². The third-order valence-corrected chi connectivity index (χ3v) is 5.55. The van der Waals surface area contributed by atoms with Crippen LogP contribution in [0, 0.1) is 0 Å². The summed E-state index contributed by atoms with van der Waals surface area (Å²) in [4.78, 5) is 54.0. The lowest BCUT2D eigenvalue weighted by molar-refractivity contribution is -0.144. The van der Waals surface area contributed by atoms with Gasteiger partial charge in [-0.2, -0.15) is 0 Å². The minimum Gasteiger partial charge on any atom is -0.467 e. The van der Waals surface area contributed by atoms with Gasteiger partial charge in [-0.1, -0.05) is 48.5 Å². The molecule has 8 heteroatoms. The van der Waals surface area contributed by atoms with Crippen molar-refractivity contribution in [1.29, 1.82) is 0 Å². The lowest BCUT2D eigenvalue weighted by Crippen LogP contribution is -2.46. The van der Waals surface area contributed by atoms with Gasteiger partial charge in [0.15, 0.2) is 0 Å². The molecule has 0 aliphatic heterocycles. The van der Waals surface area contributed by atoms with Gasteiger partial charge in [-0.15, -0.1) is 0 Å². The number of benzene rings is 3. The van der Waals surface area contributed by atoms with Crippen molar-refractivity contribution in [2.24, 2.45) is 0 Å². The molecule has 0 aliphatic rings. The fourth-order valence-electron chi connectivity index (χ4n) is 3.78. The van der Waals surface area contributed by atoms with E-state index in [1.807, 2.05) is 24.3 Å². The molecule has 0 saturated heterocycles. The van der Waals surface area contributed by atoms with Crippen LogP contribution in [-0.4, -0.2) is 41.7 Å². The number of para-hydroxylation sites is 2. The Hall–Kier alpha value is -4.72. The Kier molecular flexibility index (Phi) is 7.02. The maximum atomic E-state index is 13.0. The van der Waals surface area contributed by atoms with Crippen LogP contribution in [0.4, 0.5) is 5.69 Å². The number of anilines is 1. The van der Waals surface area contributed by atoms with Crippen LogP contribution in [0.3, 0.4) is 0 Å². The molecule has 1 heterocycles. The van der Waals surface area contributed by atoms with E-state index in [-0.39, 0.29) is 17.7 Å². The summed E-state index contributed by atoms with van der Waals surface area (Å²) >= 11 is 0. The zero-order valence-corrected chi connectivity index (χ0v) is 18.9. The van der Waals surface area contributed by atoms with Crippen molar-refractivity contribution < 1.29 is 23.9 Å². The highest BCUT2D eigenvalue weighted by atomic mass is 16.5. The molecule has 0 radical (unpaired) electrons. The zero-order chi connectivity index (χ0) is 24.8. The zero-order valence-electron chi connectivity index (χ0n) is 18.9. The molecule has 35 heavy (non-hydrogen) atoms. The fourth-order valence-corrected chi connectivity index (χ4v) is 3.78. The third-order valence-electron chi connectivity index (χ3n) is 5.55. The van der Waals surface area contributed by atoms with Crippen molar-refractivity contribution in [2.45, 2.75) is 12.5 Å². The number of H-pyrrole nitrogens is 1. The number of ketones is 1. The lowest BCUT2D eigenvalue weighted by atomic mass is 10.0. The quantitative estimate of drug-likeness (QED) is 0.207. The van der Waals surface area contributed by atoms with Gasteiger partial charge in [0.25, 0.3) is 17.6 Å². The minimum absolute atomic E-state index is 0.00462. The van der Waals surface area contributed by atoms with Crippen molar-refractivity contribution >= 4 is 40.2 Å². The predicted molar refractivity (Wildman–Crippen MR) is 131 cm³/mol. The molecular weight excluding hydrogens is 446 g/mol.